The van der Waals surface area contributed by atoms with Gasteiger partial charge in [0.15, 0.2) is 11.5 Å². The van der Waals surface area contributed by atoms with Crippen molar-refractivity contribution in [3.63, 3.8) is 0 Å². The van der Waals surface area contributed by atoms with Crippen molar-refractivity contribution in [2.45, 2.75) is 26.7 Å². The van der Waals surface area contributed by atoms with Crippen LogP contribution in [0.2, 0.25) is 0 Å². The van der Waals surface area contributed by atoms with Crippen LogP contribution < -0.4 is 5.30 Å². The van der Waals surface area contributed by atoms with Crippen LogP contribution in [0.3, 0.4) is 0 Å². The fourth-order valence-corrected chi connectivity index (χ4v) is 4.80. The maximum absolute atomic E-state index is 13.7. The van der Waals surface area contributed by atoms with Crippen molar-refractivity contribution in [2.75, 3.05) is 0 Å². The van der Waals surface area contributed by atoms with E-state index in [4.69, 9.17) is 14.2 Å². The Hall–Kier alpha value is -5.01. The quantitative estimate of drug-likeness (QED) is 0.131. The lowest BCUT2D eigenvalue weighted by molar-refractivity contribution is 0.0417. The third-order valence-corrected chi connectivity index (χ3v) is 6.87. The molecule has 2 aromatic heterocycles. The Morgan fingerprint density at radius 2 is 1.19 bits per heavy atom. The zero-order valence-electron chi connectivity index (χ0n) is 22.8. The van der Waals surface area contributed by atoms with Gasteiger partial charge in [0.1, 0.15) is 25.4 Å². The van der Waals surface area contributed by atoms with Crippen molar-refractivity contribution in [2.24, 2.45) is 0 Å². The van der Waals surface area contributed by atoms with Gasteiger partial charge in [-0.3, -0.25) is 0 Å². The fraction of sp³-hybridized carbons (Fsp3) is 0.125. The lowest BCUT2D eigenvalue weighted by Gasteiger charge is -2.13. The van der Waals surface area contributed by atoms with Crippen LogP contribution in [0.5, 0.6) is 0 Å². The van der Waals surface area contributed by atoms with Crippen LogP contribution in [0.4, 0.5) is 4.79 Å². The minimum absolute atomic E-state index is 0.0396. The number of carbonyl (C=O) groups excluding carboxylic acids is 3. The van der Waals surface area contributed by atoms with Gasteiger partial charge in [-0.1, -0.05) is 91.0 Å². The number of carbonyl (C=O) groups is 3. The van der Waals surface area contributed by atoms with Gasteiger partial charge in [-0.2, -0.15) is 5.10 Å². The van der Waals surface area contributed by atoms with Gasteiger partial charge in [0, 0.05) is 11.5 Å². The first-order valence-electron chi connectivity index (χ1n) is 13.1. The number of ether oxygens (including phenoxy) is 3. The molecule has 212 valence electrons. The maximum Gasteiger partial charge on any atom is 0.420 e. The van der Waals surface area contributed by atoms with Crippen molar-refractivity contribution in [1.82, 2.24) is 14.3 Å². The van der Waals surface area contributed by atoms with Gasteiger partial charge in [-0.25, -0.2) is 23.6 Å². The third kappa shape index (κ3) is 6.48. The van der Waals surface area contributed by atoms with E-state index in [-0.39, 0.29) is 42.2 Å². The molecule has 1 unspecified atom stereocenters. The van der Waals surface area contributed by atoms with Gasteiger partial charge in [-0.05, 0) is 29.2 Å². The van der Waals surface area contributed by atoms with Crippen LogP contribution >= 0.6 is 9.24 Å². The monoisotopic (exact) mass is 581 g/mol. The minimum atomic E-state index is -0.902. The van der Waals surface area contributed by atoms with E-state index in [0.29, 0.717) is 0 Å². The van der Waals surface area contributed by atoms with Crippen LogP contribution in [0, 0.1) is 6.92 Å². The van der Waals surface area contributed by atoms with Crippen LogP contribution in [-0.2, 0) is 34.0 Å². The Labute approximate surface area is 244 Å². The van der Waals surface area contributed by atoms with Gasteiger partial charge >= 0.3 is 18.0 Å². The number of rotatable bonds is 9. The standard InChI is InChI=1S/C32H28N3O6P/c1-22-17-33-34(18-22)29-28(42)26(30(36)39-19-23-11-5-2-6-12-23)27(31(37)40-20-24-13-7-3-8-14-24)35(29)32(38)41-21-25-15-9-4-10-16-25/h2-18H,19-21,42H2,1H3. The van der Waals surface area contributed by atoms with Crippen molar-refractivity contribution in [1.29, 1.82) is 0 Å². The molecule has 5 rings (SSSR count). The number of hydrogen-bond acceptors (Lipinski definition) is 7. The number of aryl methyl sites for hydroxylation is 1. The van der Waals surface area contributed by atoms with E-state index < -0.39 is 18.0 Å². The summed E-state index contributed by atoms with van der Waals surface area (Å²) in [5, 5.41) is 4.56. The molecule has 5 aromatic rings. The van der Waals surface area contributed by atoms with E-state index in [1.54, 1.807) is 24.5 Å². The van der Waals surface area contributed by atoms with Gasteiger partial charge in [0.2, 0.25) is 0 Å². The van der Waals surface area contributed by atoms with E-state index in [9.17, 15) is 14.4 Å². The molecule has 10 heteroatoms. The first-order chi connectivity index (χ1) is 20.4. The molecule has 2 heterocycles. The SMILES string of the molecule is Cc1cnn(-c2c(P)c(C(=O)OCc3ccccc3)c(C(=O)OCc3ccccc3)n2C(=O)OCc2ccccc2)c1. The van der Waals surface area contributed by atoms with E-state index in [1.165, 1.54) is 4.68 Å². The summed E-state index contributed by atoms with van der Waals surface area (Å²) in [6.45, 7) is 1.65. The molecule has 0 aliphatic carbocycles. The minimum Gasteiger partial charge on any atom is -0.457 e. The highest BCUT2D eigenvalue weighted by atomic mass is 31.0. The maximum atomic E-state index is 13.7. The molecule has 1 atom stereocenters. The Bertz CT molecular complexity index is 1700. The second-order valence-electron chi connectivity index (χ2n) is 9.42. The first kappa shape index (κ1) is 28.5. The summed E-state index contributed by atoms with van der Waals surface area (Å²) >= 11 is 0. The van der Waals surface area contributed by atoms with E-state index in [1.807, 2.05) is 85.8 Å². The summed E-state index contributed by atoms with van der Waals surface area (Å²) in [4.78, 5) is 41.0. The molecule has 0 saturated carbocycles. The molecule has 0 radical (unpaired) electrons. The Balaban J connectivity index is 1.58. The van der Waals surface area contributed by atoms with Crippen molar-refractivity contribution in [3.8, 4) is 5.82 Å². The second-order valence-corrected chi connectivity index (χ2v) is 10.00. The summed E-state index contributed by atoms with van der Waals surface area (Å²) < 4.78 is 19.3. The highest BCUT2D eigenvalue weighted by molar-refractivity contribution is 7.28. The predicted molar refractivity (Wildman–Crippen MR) is 159 cm³/mol. The highest BCUT2D eigenvalue weighted by Crippen LogP contribution is 2.24. The molecular weight excluding hydrogens is 553 g/mol. The Kier molecular flexibility index (Phi) is 8.90. The van der Waals surface area contributed by atoms with Crippen LogP contribution in [0.1, 0.15) is 43.1 Å². The molecule has 0 N–H and O–H groups in total. The summed E-state index contributed by atoms with van der Waals surface area (Å²) in [7, 11) is 2.44. The summed E-state index contributed by atoms with van der Waals surface area (Å²) in [6.07, 6.45) is 2.37. The molecule has 0 fully saturated rings. The lowest BCUT2D eigenvalue weighted by Crippen LogP contribution is -2.24. The van der Waals surface area contributed by atoms with Crippen molar-refractivity contribution >= 4 is 32.6 Å². The van der Waals surface area contributed by atoms with Crippen LogP contribution in [-0.4, -0.2) is 32.4 Å². The second kappa shape index (κ2) is 13.1. The Morgan fingerprint density at radius 1 is 0.714 bits per heavy atom. The average molecular weight is 582 g/mol. The van der Waals surface area contributed by atoms with Crippen LogP contribution in [0.15, 0.2) is 103 Å². The number of hydrogen-bond donors (Lipinski definition) is 0. The smallest absolute Gasteiger partial charge is 0.420 e. The number of benzene rings is 3. The van der Waals surface area contributed by atoms with E-state index >= 15 is 0 Å². The molecule has 0 aliphatic heterocycles. The van der Waals surface area contributed by atoms with Gasteiger partial charge in [-0.15, -0.1) is 9.24 Å². The Morgan fingerprint density at radius 3 is 1.67 bits per heavy atom. The van der Waals surface area contributed by atoms with Crippen molar-refractivity contribution in [3.05, 3.63) is 137 Å². The van der Waals surface area contributed by atoms with Gasteiger partial charge in [0.25, 0.3) is 0 Å². The van der Waals surface area contributed by atoms with Gasteiger partial charge < -0.3 is 14.2 Å². The molecule has 42 heavy (non-hydrogen) atoms. The normalized spacial score (nSPS) is 10.7. The molecule has 3 aromatic carbocycles. The zero-order chi connectivity index (χ0) is 29.5. The number of aromatic nitrogens is 3. The average Bonchev–Trinajstić information content (AvgIpc) is 3.59. The fourth-order valence-electron chi connectivity index (χ4n) is 4.28. The van der Waals surface area contributed by atoms with Crippen molar-refractivity contribution < 1.29 is 28.6 Å². The summed E-state index contributed by atoms with van der Waals surface area (Å²) in [5.41, 5.74) is 2.57. The van der Waals surface area contributed by atoms with E-state index in [2.05, 4.69) is 14.3 Å². The molecule has 0 saturated heterocycles. The topological polar surface area (TPSA) is 102 Å². The zero-order valence-corrected chi connectivity index (χ0v) is 24.0. The molecule has 0 amide bonds. The lowest BCUT2D eigenvalue weighted by atomic mass is 10.2. The predicted octanol–water partition coefficient (Wildman–Crippen LogP) is 5.38. The molecule has 0 spiro atoms. The van der Waals surface area contributed by atoms with E-state index in [0.717, 1.165) is 26.8 Å². The van der Waals surface area contributed by atoms with Gasteiger partial charge in [0.05, 0.1) is 6.20 Å². The number of nitrogens with zero attached hydrogens (tertiary/aromatic N) is 3. The molecule has 0 bridgehead atoms. The highest BCUT2D eigenvalue weighted by Gasteiger charge is 2.36. The molecule has 0 aliphatic rings. The third-order valence-electron chi connectivity index (χ3n) is 6.32. The largest absolute Gasteiger partial charge is 0.457 e. The number of esters is 2. The first-order valence-corrected chi connectivity index (χ1v) is 13.7. The summed E-state index contributed by atoms with van der Waals surface area (Å²) in [6, 6.07) is 27.3. The molecular formula is C32H28N3O6P. The molecule has 9 nitrogen and oxygen atoms in total. The summed E-state index contributed by atoms with van der Waals surface area (Å²) in [5.74, 6) is -1.58. The van der Waals surface area contributed by atoms with Crippen LogP contribution in [0.25, 0.3) is 5.82 Å².